The van der Waals surface area contributed by atoms with E-state index in [0.29, 0.717) is 0 Å². The van der Waals surface area contributed by atoms with E-state index in [-0.39, 0.29) is 26.7 Å². The second-order valence-electron chi connectivity index (χ2n) is 7.29. The molecule has 0 unspecified atom stereocenters. The van der Waals surface area contributed by atoms with Crippen LogP contribution in [-0.2, 0) is 63.3 Å². The van der Waals surface area contributed by atoms with Gasteiger partial charge in [0.1, 0.15) is 0 Å². The van der Waals surface area contributed by atoms with Crippen LogP contribution in [0.4, 0.5) is 0 Å². The molecule has 0 amide bonds. The quantitative estimate of drug-likeness (QED) is 0.150. The van der Waals surface area contributed by atoms with Crippen molar-refractivity contribution in [3.8, 4) is 0 Å². The fourth-order valence-corrected chi connectivity index (χ4v) is 8.74. The van der Waals surface area contributed by atoms with Crippen LogP contribution in [0.25, 0.3) is 0 Å². The summed E-state index contributed by atoms with van der Waals surface area (Å²) in [6, 6.07) is 0. The SMILES string of the molecule is COC(=O)CC(=O)[CH2][Ti]([CH2]C(=O)CC(=O)OC)([CH2]C(=O)CC(=O)OC)[O]CC(C)C. The first-order valence-corrected chi connectivity index (χ1v) is 13.3. The Kier molecular flexibility index (Phi) is 13.3. The zero-order chi connectivity index (χ0) is 23.3. The van der Waals surface area contributed by atoms with Gasteiger partial charge in [-0.1, -0.05) is 0 Å². The van der Waals surface area contributed by atoms with Crippen LogP contribution < -0.4 is 0 Å². The van der Waals surface area contributed by atoms with Crippen molar-refractivity contribution in [3.05, 3.63) is 0 Å². The number of carbonyl (C=O) groups excluding carboxylic acids is 6. The van der Waals surface area contributed by atoms with Crippen molar-refractivity contribution in [2.24, 2.45) is 5.92 Å². The van der Waals surface area contributed by atoms with Gasteiger partial charge in [-0.15, -0.1) is 0 Å². The summed E-state index contributed by atoms with van der Waals surface area (Å²) in [6.45, 7) is 3.90. The number of esters is 3. The van der Waals surface area contributed by atoms with Gasteiger partial charge in [-0.2, -0.15) is 0 Å². The first-order chi connectivity index (χ1) is 14.0. The summed E-state index contributed by atoms with van der Waals surface area (Å²) in [5, 5.41) is 0. The van der Waals surface area contributed by atoms with Gasteiger partial charge in [0.25, 0.3) is 0 Å². The minimum absolute atomic E-state index is 0.0390. The molecule has 0 aromatic carbocycles. The molecule has 0 aromatic rings. The summed E-state index contributed by atoms with van der Waals surface area (Å²) in [5.74, 6) is -3.78. The summed E-state index contributed by atoms with van der Waals surface area (Å²) in [6.07, 6.45) is -1.57. The molecule has 0 aliphatic rings. The normalized spacial score (nSPS) is 11.0. The van der Waals surface area contributed by atoms with E-state index in [0.717, 1.165) is 21.3 Å². The van der Waals surface area contributed by atoms with E-state index < -0.39 is 71.5 Å². The van der Waals surface area contributed by atoms with E-state index in [1.165, 1.54) is 0 Å². The molecule has 0 aliphatic carbocycles. The van der Waals surface area contributed by atoms with Crippen molar-refractivity contribution in [1.29, 1.82) is 0 Å². The third-order valence-electron chi connectivity index (χ3n) is 3.99. The first kappa shape index (κ1) is 28.1. The number of hydrogen-bond acceptors (Lipinski definition) is 10. The summed E-state index contributed by atoms with van der Waals surface area (Å²) in [5.41, 5.74) is 0. The van der Waals surface area contributed by atoms with Crippen LogP contribution in [0.5, 0.6) is 0 Å². The molecule has 0 N–H and O–H groups in total. The second-order valence-corrected chi connectivity index (χ2v) is 13.1. The minimum atomic E-state index is -4.10. The van der Waals surface area contributed by atoms with Gasteiger partial charge in [0, 0.05) is 0 Å². The molecule has 30 heavy (non-hydrogen) atoms. The predicted octanol–water partition coefficient (Wildman–Crippen LogP) is 1.38. The van der Waals surface area contributed by atoms with Gasteiger partial charge in [0.2, 0.25) is 0 Å². The summed E-state index contributed by atoms with van der Waals surface area (Å²) >= 11 is -4.10. The molecule has 0 heterocycles. The Hall–Kier alpha value is -1.91. The van der Waals surface area contributed by atoms with Crippen molar-refractivity contribution in [1.82, 2.24) is 0 Å². The molecular weight excluding hydrogens is 436 g/mol. The zero-order valence-corrected chi connectivity index (χ0v) is 19.7. The fraction of sp³-hybridized carbons (Fsp3) is 0.684. The van der Waals surface area contributed by atoms with Gasteiger partial charge < -0.3 is 0 Å². The van der Waals surface area contributed by atoms with Crippen molar-refractivity contribution in [2.75, 3.05) is 27.9 Å². The van der Waals surface area contributed by atoms with E-state index in [4.69, 9.17) is 3.32 Å². The Labute approximate surface area is 179 Å². The van der Waals surface area contributed by atoms with E-state index in [1.54, 1.807) is 0 Å². The van der Waals surface area contributed by atoms with Crippen molar-refractivity contribution < 1.29 is 63.3 Å². The summed E-state index contributed by atoms with van der Waals surface area (Å²) in [7, 11) is 3.41. The molecule has 0 spiro atoms. The number of methoxy groups -OCH3 is 3. The van der Waals surface area contributed by atoms with E-state index in [2.05, 4.69) is 14.2 Å². The number of ketones is 3. The van der Waals surface area contributed by atoms with Crippen LogP contribution in [-0.4, -0.2) is 63.2 Å². The summed E-state index contributed by atoms with van der Waals surface area (Å²) < 4.78 is 18.7. The number of hydrogen-bond donors (Lipinski definition) is 0. The van der Waals surface area contributed by atoms with Crippen LogP contribution in [0.2, 0.25) is 14.2 Å². The molecule has 0 saturated heterocycles. The molecule has 0 aliphatic heterocycles. The van der Waals surface area contributed by atoms with Gasteiger partial charge in [-0.3, -0.25) is 0 Å². The molecule has 0 saturated carbocycles. The predicted molar refractivity (Wildman–Crippen MR) is 100 cm³/mol. The van der Waals surface area contributed by atoms with Gasteiger partial charge in [0.15, 0.2) is 0 Å². The fourth-order valence-electron chi connectivity index (χ4n) is 2.65. The molecular formula is C19H30O10Ti. The van der Waals surface area contributed by atoms with Crippen LogP contribution in [0.15, 0.2) is 0 Å². The van der Waals surface area contributed by atoms with Crippen molar-refractivity contribution >= 4 is 35.3 Å². The average Bonchev–Trinajstić information content (AvgIpc) is 2.65. The third kappa shape index (κ3) is 11.9. The average molecular weight is 466 g/mol. The maximum absolute atomic E-state index is 12.5. The Bertz CT molecular complexity index is 577. The van der Waals surface area contributed by atoms with Crippen molar-refractivity contribution in [2.45, 2.75) is 47.3 Å². The monoisotopic (exact) mass is 466 g/mol. The van der Waals surface area contributed by atoms with E-state index in [1.807, 2.05) is 13.8 Å². The van der Waals surface area contributed by atoms with Crippen LogP contribution >= 0.6 is 0 Å². The molecule has 0 atom stereocenters. The Morgan fingerprint density at radius 2 is 0.933 bits per heavy atom. The van der Waals surface area contributed by atoms with Crippen LogP contribution in [0, 0.1) is 5.92 Å². The van der Waals surface area contributed by atoms with Crippen LogP contribution in [0.1, 0.15) is 33.1 Å². The Morgan fingerprint density at radius 3 is 1.17 bits per heavy atom. The standard InChI is InChI=1S/3C5H7O3.C4H9O.Ti/c3*1-4(6)3-5(7)8-2;1-4(2)3-5;/h3*1,3H2,2H3;4H,3H2,1-2H3;/q;;;-1;+1. The van der Waals surface area contributed by atoms with Crippen molar-refractivity contribution in [3.63, 3.8) is 0 Å². The number of Topliss-reactive ketones (excluding diaryl/α,β-unsaturated/α-hetero) is 3. The first-order valence-electron chi connectivity index (χ1n) is 9.36. The topological polar surface area (TPSA) is 139 Å². The molecule has 0 aromatic heterocycles. The molecule has 0 radical (unpaired) electrons. The molecule has 10 nitrogen and oxygen atoms in total. The number of ether oxygens (including phenoxy) is 3. The molecule has 0 fully saturated rings. The Balaban J connectivity index is 5.78. The third-order valence-corrected chi connectivity index (χ3v) is 10.1. The number of carbonyl (C=O) groups is 6. The van der Waals surface area contributed by atoms with Gasteiger partial charge >= 0.3 is 180 Å². The van der Waals surface area contributed by atoms with Gasteiger partial charge in [-0.25, -0.2) is 0 Å². The molecule has 0 bridgehead atoms. The Morgan fingerprint density at radius 1 is 0.633 bits per heavy atom. The molecule has 170 valence electrons. The van der Waals surface area contributed by atoms with Crippen LogP contribution in [0.3, 0.4) is 0 Å². The van der Waals surface area contributed by atoms with Gasteiger partial charge in [-0.05, 0) is 0 Å². The molecule has 0 rings (SSSR count). The van der Waals surface area contributed by atoms with E-state index >= 15 is 0 Å². The second kappa shape index (κ2) is 14.2. The number of rotatable bonds is 15. The molecule has 11 heteroatoms. The zero-order valence-electron chi connectivity index (χ0n) is 18.1. The summed E-state index contributed by atoms with van der Waals surface area (Å²) in [4.78, 5) is 71.8. The maximum atomic E-state index is 12.5. The van der Waals surface area contributed by atoms with E-state index in [9.17, 15) is 28.8 Å². The van der Waals surface area contributed by atoms with Gasteiger partial charge in [0.05, 0.1) is 0 Å².